The molecular weight excluding hydrogens is 358 g/mol. The van der Waals surface area contributed by atoms with Crippen LogP contribution in [0.1, 0.15) is 5.56 Å². The van der Waals surface area contributed by atoms with Gasteiger partial charge in [0.1, 0.15) is 11.0 Å². The summed E-state index contributed by atoms with van der Waals surface area (Å²) < 4.78 is 19.4. The molecule has 120 valence electrons. The second-order valence-corrected chi connectivity index (χ2v) is 5.87. The summed E-state index contributed by atoms with van der Waals surface area (Å²) in [5, 5.41) is 4.12. The van der Waals surface area contributed by atoms with E-state index in [1.165, 1.54) is 22.9 Å². The van der Waals surface area contributed by atoms with Crippen LogP contribution in [0.3, 0.4) is 0 Å². The third-order valence-corrected chi connectivity index (χ3v) is 4.10. The van der Waals surface area contributed by atoms with E-state index in [4.69, 9.17) is 27.7 Å². The molecule has 0 saturated carbocycles. The van der Waals surface area contributed by atoms with Crippen molar-refractivity contribution in [1.82, 2.24) is 14.7 Å². The Hall–Kier alpha value is -2.51. The maximum Gasteiger partial charge on any atom is 0.446 e. The van der Waals surface area contributed by atoms with Gasteiger partial charge in [0.2, 0.25) is 0 Å². The van der Waals surface area contributed by atoms with Gasteiger partial charge in [-0.3, -0.25) is 4.52 Å². The molecule has 0 atom stereocenters. The first-order valence-corrected chi connectivity index (χ1v) is 7.55. The number of aromatic nitrogens is 3. The minimum atomic E-state index is -0.719. The molecule has 0 bridgehead atoms. The zero-order chi connectivity index (χ0) is 16.8. The van der Waals surface area contributed by atoms with Crippen LogP contribution in [0.25, 0.3) is 17.1 Å². The van der Waals surface area contributed by atoms with E-state index in [2.05, 4.69) is 15.1 Å². The Balaban J connectivity index is 1.93. The Labute approximate surface area is 144 Å². The molecule has 2 aromatic heterocycles. The van der Waals surface area contributed by atoms with Crippen molar-refractivity contribution in [2.45, 2.75) is 6.42 Å². The summed E-state index contributed by atoms with van der Waals surface area (Å²) in [7, 11) is 0. The van der Waals surface area contributed by atoms with E-state index in [1.807, 2.05) is 0 Å². The van der Waals surface area contributed by atoms with E-state index < -0.39 is 11.6 Å². The molecule has 0 saturated heterocycles. The molecule has 0 radical (unpaired) electrons. The fourth-order valence-electron chi connectivity index (χ4n) is 2.53. The van der Waals surface area contributed by atoms with Gasteiger partial charge in [0.15, 0.2) is 11.6 Å². The second-order valence-electron chi connectivity index (χ2n) is 5.03. The number of hydrogen-bond donors (Lipinski definition) is 0. The number of aliphatic imine (C=N–C) groups is 1. The Morgan fingerprint density at radius 3 is 2.88 bits per heavy atom. The number of rotatable bonds is 2. The topological polar surface area (TPSA) is 73.3 Å². The lowest BCUT2D eigenvalue weighted by Crippen LogP contribution is -2.13. The lowest BCUT2D eigenvalue weighted by Gasteiger charge is -2.08. The van der Waals surface area contributed by atoms with Crippen molar-refractivity contribution in [3.8, 4) is 17.1 Å². The van der Waals surface area contributed by atoms with E-state index >= 15 is 0 Å². The van der Waals surface area contributed by atoms with Crippen molar-refractivity contribution >= 4 is 34.2 Å². The SMILES string of the molecule is O=c1onc(-c2ccnc3c2CC(Cl)=N3)n1-c1ccc(F)c(Cl)c1. The summed E-state index contributed by atoms with van der Waals surface area (Å²) >= 11 is 11.8. The van der Waals surface area contributed by atoms with Gasteiger partial charge >= 0.3 is 5.76 Å². The average molecular weight is 365 g/mol. The minimum absolute atomic E-state index is 0.113. The molecule has 0 spiro atoms. The molecule has 9 heteroatoms. The van der Waals surface area contributed by atoms with E-state index in [-0.39, 0.29) is 10.8 Å². The number of halogens is 3. The zero-order valence-corrected chi connectivity index (χ0v) is 13.3. The number of benzene rings is 1. The van der Waals surface area contributed by atoms with Gasteiger partial charge in [-0.2, -0.15) is 0 Å². The summed E-state index contributed by atoms with van der Waals surface area (Å²) in [6.07, 6.45) is 1.92. The van der Waals surface area contributed by atoms with Gasteiger partial charge < -0.3 is 0 Å². The molecule has 0 N–H and O–H groups in total. The molecule has 4 rings (SSSR count). The molecule has 0 aliphatic carbocycles. The Morgan fingerprint density at radius 2 is 2.08 bits per heavy atom. The molecule has 6 nitrogen and oxygen atoms in total. The highest BCUT2D eigenvalue weighted by Gasteiger charge is 2.24. The number of pyridine rings is 1. The van der Waals surface area contributed by atoms with E-state index in [0.717, 1.165) is 11.6 Å². The van der Waals surface area contributed by atoms with Gasteiger partial charge in [-0.1, -0.05) is 28.4 Å². The Morgan fingerprint density at radius 1 is 1.25 bits per heavy atom. The highest BCUT2D eigenvalue weighted by molar-refractivity contribution is 6.66. The van der Waals surface area contributed by atoms with E-state index in [9.17, 15) is 9.18 Å². The van der Waals surface area contributed by atoms with Gasteiger partial charge in [-0.05, 0) is 24.3 Å². The summed E-state index contributed by atoms with van der Waals surface area (Å²) in [4.78, 5) is 20.4. The fourth-order valence-corrected chi connectivity index (χ4v) is 2.92. The minimum Gasteiger partial charge on any atom is -0.295 e. The smallest absolute Gasteiger partial charge is 0.295 e. The predicted octanol–water partition coefficient (Wildman–Crippen LogP) is 3.50. The highest BCUT2D eigenvalue weighted by Crippen LogP contribution is 2.34. The van der Waals surface area contributed by atoms with Crippen LogP contribution in [0.15, 0.2) is 44.8 Å². The van der Waals surface area contributed by atoms with Crippen LogP contribution in [0.5, 0.6) is 0 Å². The third kappa shape index (κ3) is 2.33. The van der Waals surface area contributed by atoms with Crippen LogP contribution in [0, 0.1) is 5.82 Å². The van der Waals surface area contributed by atoms with Gasteiger partial charge in [-0.15, -0.1) is 0 Å². The lowest BCUT2D eigenvalue weighted by molar-refractivity contribution is 0.383. The monoisotopic (exact) mass is 364 g/mol. The molecular formula is C15H7Cl2FN4O2. The molecule has 0 amide bonds. The second kappa shape index (κ2) is 5.54. The summed E-state index contributed by atoms with van der Waals surface area (Å²) in [5.74, 6) is -0.598. The van der Waals surface area contributed by atoms with Crippen LogP contribution in [-0.4, -0.2) is 19.9 Å². The van der Waals surface area contributed by atoms with Crippen molar-refractivity contribution in [2.75, 3.05) is 0 Å². The summed E-state index contributed by atoms with van der Waals surface area (Å²) in [6.45, 7) is 0. The standard InChI is InChI=1S/C15H7Cl2FN4O2/c16-10-5-7(1-2-11(10)18)22-14(21-24-15(22)23)8-3-4-19-13-9(8)6-12(17)20-13/h1-5H,6H2. The molecule has 1 aliphatic rings. The van der Waals surface area contributed by atoms with Crippen LogP contribution in [0.4, 0.5) is 10.2 Å². The number of hydrogen-bond acceptors (Lipinski definition) is 5. The molecule has 3 aromatic rings. The quantitative estimate of drug-likeness (QED) is 0.697. The van der Waals surface area contributed by atoms with Crippen molar-refractivity contribution < 1.29 is 8.91 Å². The first-order chi connectivity index (χ1) is 11.5. The summed E-state index contributed by atoms with van der Waals surface area (Å²) in [6, 6.07) is 5.58. The third-order valence-electron chi connectivity index (χ3n) is 3.59. The molecule has 1 aliphatic heterocycles. The van der Waals surface area contributed by atoms with Crippen LogP contribution >= 0.6 is 23.2 Å². The van der Waals surface area contributed by atoms with Crippen LogP contribution < -0.4 is 5.76 Å². The van der Waals surface area contributed by atoms with Crippen molar-refractivity contribution in [3.05, 3.63) is 57.4 Å². The summed E-state index contributed by atoms with van der Waals surface area (Å²) in [5.41, 5.74) is 1.67. The average Bonchev–Trinajstić information content (AvgIpc) is 3.11. The van der Waals surface area contributed by atoms with Crippen molar-refractivity contribution in [2.24, 2.45) is 4.99 Å². The maximum atomic E-state index is 13.4. The normalized spacial score (nSPS) is 13.0. The first-order valence-electron chi connectivity index (χ1n) is 6.80. The Bertz CT molecular complexity index is 1060. The molecule has 0 unspecified atom stereocenters. The molecule has 1 aromatic carbocycles. The van der Waals surface area contributed by atoms with Gasteiger partial charge in [0, 0.05) is 23.7 Å². The number of nitrogens with zero attached hydrogens (tertiary/aromatic N) is 4. The largest absolute Gasteiger partial charge is 0.446 e. The lowest BCUT2D eigenvalue weighted by atomic mass is 10.1. The first kappa shape index (κ1) is 15.0. The highest BCUT2D eigenvalue weighted by atomic mass is 35.5. The molecule has 3 heterocycles. The van der Waals surface area contributed by atoms with Gasteiger partial charge in [0.25, 0.3) is 0 Å². The molecule has 0 fully saturated rings. The predicted molar refractivity (Wildman–Crippen MR) is 87.0 cm³/mol. The fraction of sp³-hybridized carbons (Fsp3) is 0.0667. The van der Waals surface area contributed by atoms with Crippen LogP contribution in [-0.2, 0) is 6.42 Å². The van der Waals surface area contributed by atoms with Crippen molar-refractivity contribution in [3.63, 3.8) is 0 Å². The van der Waals surface area contributed by atoms with Gasteiger partial charge in [-0.25, -0.2) is 23.7 Å². The zero-order valence-electron chi connectivity index (χ0n) is 11.8. The van der Waals surface area contributed by atoms with Crippen molar-refractivity contribution in [1.29, 1.82) is 0 Å². The van der Waals surface area contributed by atoms with E-state index in [0.29, 0.717) is 28.7 Å². The Kier molecular flexibility index (Phi) is 3.47. The van der Waals surface area contributed by atoms with Crippen LogP contribution in [0.2, 0.25) is 5.02 Å². The van der Waals surface area contributed by atoms with Gasteiger partial charge in [0.05, 0.1) is 10.7 Å². The maximum absolute atomic E-state index is 13.4. The molecule has 24 heavy (non-hydrogen) atoms. The number of fused-ring (bicyclic) bond motifs is 1. The van der Waals surface area contributed by atoms with E-state index in [1.54, 1.807) is 6.07 Å².